The Morgan fingerprint density at radius 2 is 1.19 bits per heavy atom. The first-order valence-corrected chi connectivity index (χ1v) is 17.7. The van der Waals surface area contributed by atoms with Gasteiger partial charge in [0, 0.05) is 27.9 Å². The maximum Gasteiger partial charge on any atom is 0.0387 e. The third-order valence-corrected chi connectivity index (χ3v) is 12.5. The zero-order chi connectivity index (χ0) is 31.2. The molecule has 2 fully saturated rings. The molecule has 1 unspecified atom stereocenters. The summed E-state index contributed by atoms with van der Waals surface area (Å²) in [4.78, 5) is 0. The number of nitrogens with one attached hydrogen (secondary N) is 1. The van der Waals surface area contributed by atoms with Crippen LogP contribution in [0.3, 0.4) is 0 Å². The van der Waals surface area contributed by atoms with Gasteiger partial charge in [-0.1, -0.05) is 111 Å². The number of hydrogen-bond donors (Lipinski definition) is 2. The number of fused-ring (bicyclic) bond motifs is 3. The maximum absolute atomic E-state index is 6.78. The molecule has 0 aliphatic heterocycles. The zero-order valence-corrected chi connectivity index (χ0v) is 26.9. The fourth-order valence-electron chi connectivity index (χ4n) is 10.9. The average Bonchev–Trinajstić information content (AvgIpc) is 3.88. The Kier molecular flexibility index (Phi) is 5.86. The summed E-state index contributed by atoms with van der Waals surface area (Å²) in [6, 6.07) is 45.9. The summed E-state index contributed by atoms with van der Waals surface area (Å²) < 4.78 is 0. The Morgan fingerprint density at radius 3 is 1.96 bits per heavy atom. The van der Waals surface area contributed by atoms with Crippen LogP contribution in [-0.2, 0) is 10.8 Å². The second-order valence-corrected chi connectivity index (χ2v) is 14.6. The second kappa shape index (κ2) is 10.1. The van der Waals surface area contributed by atoms with Crippen LogP contribution >= 0.6 is 0 Å². The van der Waals surface area contributed by atoms with E-state index in [9.17, 15) is 0 Å². The molecular formula is C45H40N2. The van der Waals surface area contributed by atoms with Crippen LogP contribution in [0.5, 0.6) is 0 Å². The quantitative estimate of drug-likeness (QED) is 0.151. The number of anilines is 3. The van der Waals surface area contributed by atoms with Crippen molar-refractivity contribution in [3.05, 3.63) is 138 Å². The van der Waals surface area contributed by atoms with E-state index < -0.39 is 0 Å². The van der Waals surface area contributed by atoms with Gasteiger partial charge >= 0.3 is 0 Å². The van der Waals surface area contributed by atoms with Gasteiger partial charge in [-0.05, 0) is 128 Å². The van der Waals surface area contributed by atoms with Crippen molar-refractivity contribution < 1.29 is 0 Å². The summed E-state index contributed by atoms with van der Waals surface area (Å²) in [6.45, 7) is 0. The smallest absolute Gasteiger partial charge is 0.0387 e. The monoisotopic (exact) mass is 608 g/mol. The van der Waals surface area contributed by atoms with Crippen LogP contribution in [-0.4, -0.2) is 0 Å². The third kappa shape index (κ3) is 3.67. The second-order valence-electron chi connectivity index (χ2n) is 14.6. The SMILES string of the molecule is Nc1ccc2c(c1)C(C1CCCC1)(C1(c3ccc4ccc5cccc6ccc3c4c56)CCCC1)c1cc(Nc3ccccc3)ccc1-2. The Morgan fingerprint density at radius 1 is 0.532 bits per heavy atom. The molecule has 2 saturated carbocycles. The first kappa shape index (κ1) is 27.3. The highest BCUT2D eigenvalue weighted by Crippen LogP contribution is 2.69. The van der Waals surface area contributed by atoms with Gasteiger partial charge < -0.3 is 11.1 Å². The number of nitrogens with two attached hydrogens (primary N) is 1. The van der Waals surface area contributed by atoms with Crippen LogP contribution in [0, 0.1) is 5.92 Å². The van der Waals surface area contributed by atoms with E-state index in [4.69, 9.17) is 5.73 Å². The first-order chi connectivity index (χ1) is 23.2. The Labute approximate surface area is 277 Å². The summed E-state index contributed by atoms with van der Waals surface area (Å²) >= 11 is 0. The van der Waals surface area contributed by atoms with Crippen LogP contribution in [0.25, 0.3) is 43.4 Å². The molecule has 0 spiro atoms. The van der Waals surface area contributed by atoms with Gasteiger partial charge in [0.1, 0.15) is 0 Å². The zero-order valence-electron chi connectivity index (χ0n) is 26.9. The summed E-state index contributed by atoms with van der Waals surface area (Å²) in [5.41, 5.74) is 17.1. The highest BCUT2D eigenvalue weighted by atomic mass is 14.9. The van der Waals surface area contributed by atoms with E-state index in [0.29, 0.717) is 5.92 Å². The van der Waals surface area contributed by atoms with E-state index in [1.807, 2.05) is 0 Å². The molecule has 0 aromatic heterocycles. The molecule has 0 bridgehead atoms. The van der Waals surface area contributed by atoms with Gasteiger partial charge in [-0.25, -0.2) is 0 Å². The van der Waals surface area contributed by atoms with Crippen molar-refractivity contribution in [2.45, 2.75) is 62.2 Å². The first-order valence-electron chi connectivity index (χ1n) is 17.7. The Hall–Kier alpha value is -4.82. The van der Waals surface area contributed by atoms with Crippen LogP contribution in [0.15, 0.2) is 121 Å². The molecule has 47 heavy (non-hydrogen) atoms. The normalized spacial score (nSPS) is 20.3. The number of rotatable bonds is 5. The fourth-order valence-corrected chi connectivity index (χ4v) is 10.9. The minimum absolute atomic E-state index is 0.0521. The summed E-state index contributed by atoms with van der Waals surface area (Å²) in [7, 11) is 0. The molecule has 7 aromatic rings. The fraction of sp³-hybridized carbons (Fsp3) is 0.244. The van der Waals surface area contributed by atoms with Crippen molar-refractivity contribution >= 4 is 49.4 Å². The van der Waals surface area contributed by atoms with E-state index in [2.05, 4.69) is 127 Å². The van der Waals surface area contributed by atoms with Gasteiger partial charge in [0.2, 0.25) is 0 Å². The summed E-state index contributed by atoms with van der Waals surface area (Å²) in [5.74, 6) is 0.549. The highest BCUT2D eigenvalue weighted by molar-refractivity contribution is 6.23. The number of benzene rings is 7. The van der Waals surface area contributed by atoms with Gasteiger partial charge in [0.05, 0.1) is 0 Å². The molecule has 10 rings (SSSR count). The number of hydrogen-bond acceptors (Lipinski definition) is 2. The Balaban J connectivity index is 1.31. The van der Waals surface area contributed by atoms with Crippen molar-refractivity contribution in [2.24, 2.45) is 5.92 Å². The molecular weight excluding hydrogens is 569 g/mol. The molecule has 0 amide bonds. The molecule has 3 aliphatic rings. The largest absolute Gasteiger partial charge is 0.399 e. The van der Waals surface area contributed by atoms with Gasteiger partial charge in [-0.15, -0.1) is 0 Å². The lowest BCUT2D eigenvalue weighted by Gasteiger charge is -2.53. The molecule has 3 N–H and O–H groups in total. The minimum atomic E-state index is -0.169. The van der Waals surface area contributed by atoms with Gasteiger partial charge in [-0.3, -0.25) is 0 Å². The van der Waals surface area contributed by atoms with E-state index in [-0.39, 0.29) is 10.8 Å². The van der Waals surface area contributed by atoms with Crippen molar-refractivity contribution in [1.29, 1.82) is 0 Å². The van der Waals surface area contributed by atoms with E-state index in [1.165, 1.54) is 112 Å². The van der Waals surface area contributed by atoms with Gasteiger partial charge in [0.25, 0.3) is 0 Å². The average molecular weight is 609 g/mol. The molecule has 3 aliphatic carbocycles. The molecule has 0 radical (unpaired) electrons. The van der Waals surface area contributed by atoms with Crippen molar-refractivity contribution in [1.82, 2.24) is 0 Å². The van der Waals surface area contributed by atoms with E-state index >= 15 is 0 Å². The summed E-state index contributed by atoms with van der Waals surface area (Å²) in [5, 5.41) is 12.1. The van der Waals surface area contributed by atoms with E-state index in [0.717, 1.165) is 11.4 Å². The van der Waals surface area contributed by atoms with Gasteiger partial charge in [-0.2, -0.15) is 0 Å². The standard InChI is InChI=1S/C45H40N2/c46-33-19-22-36-37-23-20-35(47-34-13-2-1-3-14-34)28-41(37)45(40(36)27-33,32-11-4-5-12-32)44(25-6-7-26-44)39-24-18-31-16-15-29-9-8-10-30-17-21-38(39)43(31)42(29)30/h1-3,8-10,13-24,27-28,32,47H,4-7,11-12,25-26,46H2. The molecule has 1 atom stereocenters. The highest BCUT2D eigenvalue weighted by Gasteiger charge is 2.63. The molecule has 2 nitrogen and oxygen atoms in total. The molecule has 0 saturated heterocycles. The summed E-state index contributed by atoms with van der Waals surface area (Å²) in [6.07, 6.45) is 10.0. The predicted octanol–water partition coefficient (Wildman–Crippen LogP) is 11.9. The number of nitrogen functional groups attached to an aromatic ring is 1. The van der Waals surface area contributed by atoms with Crippen molar-refractivity contribution in [2.75, 3.05) is 11.1 Å². The van der Waals surface area contributed by atoms with Gasteiger partial charge in [0.15, 0.2) is 0 Å². The maximum atomic E-state index is 6.78. The third-order valence-electron chi connectivity index (χ3n) is 12.5. The molecule has 0 heterocycles. The minimum Gasteiger partial charge on any atom is -0.399 e. The molecule has 230 valence electrons. The van der Waals surface area contributed by atoms with Crippen molar-refractivity contribution in [3.63, 3.8) is 0 Å². The van der Waals surface area contributed by atoms with Crippen LogP contribution < -0.4 is 11.1 Å². The lowest BCUT2D eigenvalue weighted by Crippen LogP contribution is -2.52. The van der Waals surface area contributed by atoms with Crippen molar-refractivity contribution in [3.8, 4) is 11.1 Å². The number of para-hydroxylation sites is 1. The van der Waals surface area contributed by atoms with Crippen LogP contribution in [0.4, 0.5) is 17.1 Å². The lowest BCUT2D eigenvalue weighted by atomic mass is 9.49. The Bertz CT molecular complexity index is 2290. The topological polar surface area (TPSA) is 38.0 Å². The van der Waals surface area contributed by atoms with Crippen LogP contribution in [0.2, 0.25) is 0 Å². The molecule has 2 heteroatoms. The van der Waals surface area contributed by atoms with E-state index in [1.54, 1.807) is 5.56 Å². The lowest BCUT2D eigenvalue weighted by molar-refractivity contribution is 0.178. The van der Waals surface area contributed by atoms with Crippen LogP contribution in [0.1, 0.15) is 68.1 Å². The molecule has 7 aromatic carbocycles. The predicted molar refractivity (Wildman–Crippen MR) is 199 cm³/mol.